The van der Waals surface area contributed by atoms with Crippen LogP contribution in [0.3, 0.4) is 0 Å². The second kappa shape index (κ2) is 14.7. The van der Waals surface area contributed by atoms with Gasteiger partial charge >= 0.3 is 0 Å². The van der Waals surface area contributed by atoms with Crippen LogP contribution < -0.4 is 20.1 Å². The summed E-state index contributed by atoms with van der Waals surface area (Å²) < 4.78 is 38.9. The third-order valence-electron chi connectivity index (χ3n) is 6.92. The second-order valence-electron chi connectivity index (χ2n) is 10.2. The summed E-state index contributed by atoms with van der Waals surface area (Å²) >= 11 is 0. The van der Waals surface area contributed by atoms with Crippen LogP contribution in [-0.4, -0.2) is 48.7 Å². The molecule has 218 valence electrons. The Morgan fingerprint density at radius 2 is 1.63 bits per heavy atom. The normalized spacial score (nSPS) is 14.1. The SMILES string of the molecule is CCc1cccc(CNC[C@@H](O)[C@H](Cc2cc(F)cc(F)c2)NC(=O)CCC(=O)c2ccc3c(c2)OCCCO3)c1. The highest BCUT2D eigenvalue weighted by molar-refractivity contribution is 5.98. The van der Waals surface area contributed by atoms with E-state index in [1.54, 1.807) is 18.2 Å². The van der Waals surface area contributed by atoms with Crippen LogP contribution in [0.2, 0.25) is 0 Å². The molecule has 9 heteroatoms. The van der Waals surface area contributed by atoms with Gasteiger partial charge in [-0.3, -0.25) is 9.59 Å². The van der Waals surface area contributed by atoms with Gasteiger partial charge in [0, 0.05) is 44.0 Å². The van der Waals surface area contributed by atoms with Crippen LogP contribution in [0.25, 0.3) is 0 Å². The Hall–Kier alpha value is -3.82. The third-order valence-corrected chi connectivity index (χ3v) is 6.92. The van der Waals surface area contributed by atoms with Crippen molar-refractivity contribution in [3.8, 4) is 11.5 Å². The number of rotatable bonds is 13. The lowest BCUT2D eigenvalue weighted by molar-refractivity contribution is -0.122. The second-order valence-corrected chi connectivity index (χ2v) is 10.2. The average Bonchev–Trinajstić information content (AvgIpc) is 3.20. The maximum Gasteiger partial charge on any atom is 0.220 e. The number of aliphatic hydroxyl groups excluding tert-OH is 1. The standard InChI is InChI=1S/C32H36F2N2O5/c1-2-21-5-3-6-22(13-21)19-35-20-29(38)27(16-23-14-25(33)18-26(34)15-23)36-32(39)10-8-28(37)24-7-9-30-31(17-24)41-12-4-11-40-30/h3,5-7,9,13-15,17-18,27,29,35,38H,2,4,8,10-12,16,19-20H2,1H3,(H,36,39)/t27-,29+/m0/s1. The first-order valence-electron chi connectivity index (χ1n) is 13.9. The topological polar surface area (TPSA) is 96.9 Å². The number of nitrogens with one attached hydrogen (secondary N) is 2. The van der Waals surface area contributed by atoms with E-state index >= 15 is 0 Å². The molecule has 0 radical (unpaired) electrons. The molecule has 2 atom stereocenters. The van der Waals surface area contributed by atoms with E-state index in [4.69, 9.17) is 9.47 Å². The largest absolute Gasteiger partial charge is 0.490 e. The first-order chi connectivity index (χ1) is 19.8. The number of ketones is 1. The summed E-state index contributed by atoms with van der Waals surface area (Å²) in [7, 11) is 0. The molecule has 0 aromatic heterocycles. The first kappa shape index (κ1) is 30.1. The quantitative estimate of drug-likeness (QED) is 0.263. The zero-order valence-corrected chi connectivity index (χ0v) is 23.1. The molecule has 0 saturated heterocycles. The minimum absolute atomic E-state index is 0.00466. The molecular formula is C32H36F2N2O5. The number of halogens is 2. The summed E-state index contributed by atoms with van der Waals surface area (Å²) in [5, 5.41) is 16.9. The lowest BCUT2D eigenvalue weighted by Gasteiger charge is -2.25. The lowest BCUT2D eigenvalue weighted by atomic mass is 9.99. The highest BCUT2D eigenvalue weighted by atomic mass is 19.1. The molecule has 3 N–H and O–H groups in total. The number of Topliss-reactive ketones (excluding diaryl/α,β-unsaturated/α-hetero) is 1. The van der Waals surface area contributed by atoms with E-state index in [0.29, 0.717) is 42.4 Å². The molecule has 4 rings (SSSR count). The molecule has 0 fully saturated rings. The van der Waals surface area contributed by atoms with Crippen LogP contribution >= 0.6 is 0 Å². The van der Waals surface area contributed by atoms with Gasteiger partial charge in [-0.25, -0.2) is 8.78 Å². The highest BCUT2D eigenvalue weighted by Gasteiger charge is 2.23. The Morgan fingerprint density at radius 3 is 2.39 bits per heavy atom. The van der Waals surface area contributed by atoms with Crippen LogP contribution in [-0.2, 0) is 24.2 Å². The third kappa shape index (κ3) is 9.09. The maximum absolute atomic E-state index is 13.8. The van der Waals surface area contributed by atoms with E-state index in [1.807, 2.05) is 18.2 Å². The number of ether oxygens (including phenoxy) is 2. The van der Waals surface area contributed by atoms with Gasteiger partial charge in [0.2, 0.25) is 5.91 Å². The van der Waals surface area contributed by atoms with Gasteiger partial charge in [-0.15, -0.1) is 0 Å². The lowest BCUT2D eigenvalue weighted by Crippen LogP contribution is -2.48. The molecule has 7 nitrogen and oxygen atoms in total. The van der Waals surface area contributed by atoms with Crippen LogP contribution in [0.1, 0.15) is 53.2 Å². The predicted octanol–water partition coefficient (Wildman–Crippen LogP) is 4.53. The van der Waals surface area contributed by atoms with Crippen molar-refractivity contribution in [1.82, 2.24) is 10.6 Å². The number of carbonyl (C=O) groups is 2. The summed E-state index contributed by atoms with van der Waals surface area (Å²) in [5.41, 5.74) is 2.96. The van der Waals surface area contributed by atoms with Crippen molar-refractivity contribution in [3.05, 3.63) is 94.6 Å². The minimum atomic E-state index is -1.06. The van der Waals surface area contributed by atoms with E-state index < -0.39 is 29.7 Å². The van der Waals surface area contributed by atoms with Crippen molar-refractivity contribution in [2.75, 3.05) is 19.8 Å². The Labute approximate surface area is 238 Å². The summed E-state index contributed by atoms with van der Waals surface area (Å²) in [6.07, 6.45) is 0.420. The Kier molecular flexibility index (Phi) is 10.8. The van der Waals surface area contributed by atoms with Gasteiger partial charge in [-0.05, 0) is 59.9 Å². The molecule has 0 saturated carbocycles. The number of benzene rings is 3. The molecule has 41 heavy (non-hydrogen) atoms. The van der Waals surface area contributed by atoms with Crippen LogP contribution in [0.5, 0.6) is 11.5 Å². The smallest absolute Gasteiger partial charge is 0.220 e. The monoisotopic (exact) mass is 566 g/mol. The van der Waals surface area contributed by atoms with E-state index in [9.17, 15) is 23.5 Å². The van der Waals surface area contributed by atoms with Gasteiger partial charge in [0.05, 0.1) is 25.4 Å². The molecule has 3 aromatic rings. The summed E-state index contributed by atoms with van der Waals surface area (Å²) in [6.45, 7) is 3.74. The van der Waals surface area contributed by atoms with Gasteiger partial charge in [-0.2, -0.15) is 0 Å². The summed E-state index contributed by atoms with van der Waals surface area (Å²) in [4.78, 5) is 25.7. The van der Waals surface area contributed by atoms with Gasteiger partial charge < -0.3 is 25.2 Å². The van der Waals surface area contributed by atoms with Crippen LogP contribution in [0.15, 0.2) is 60.7 Å². The van der Waals surface area contributed by atoms with Crippen LogP contribution in [0, 0.1) is 11.6 Å². The number of fused-ring (bicyclic) bond motifs is 1. The fourth-order valence-corrected chi connectivity index (χ4v) is 4.72. The fraction of sp³-hybridized carbons (Fsp3) is 0.375. The van der Waals surface area contributed by atoms with Gasteiger partial charge in [0.25, 0.3) is 0 Å². The molecule has 1 amide bonds. The Morgan fingerprint density at radius 1 is 0.902 bits per heavy atom. The Balaban J connectivity index is 1.36. The van der Waals surface area contributed by atoms with Crippen LogP contribution in [0.4, 0.5) is 8.78 Å². The van der Waals surface area contributed by atoms with Crippen molar-refractivity contribution >= 4 is 11.7 Å². The van der Waals surface area contributed by atoms with E-state index in [0.717, 1.165) is 24.5 Å². The summed E-state index contributed by atoms with van der Waals surface area (Å²) in [6, 6.07) is 15.3. The summed E-state index contributed by atoms with van der Waals surface area (Å²) in [5.74, 6) is -1.10. The maximum atomic E-state index is 13.8. The molecule has 0 bridgehead atoms. The first-order valence-corrected chi connectivity index (χ1v) is 13.9. The molecule has 0 aliphatic carbocycles. The minimum Gasteiger partial charge on any atom is -0.490 e. The molecule has 0 spiro atoms. The number of aliphatic hydroxyl groups is 1. The molecule has 1 aliphatic rings. The van der Waals surface area contributed by atoms with E-state index in [-0.39, 0.29) is 31.6 Å². The molecule has 1 aliphatic heterocycles. The molecule has 3 aromatic carbocycles. The van der Waals surface area contributed by atoms with E-state index in [2.05, 4.69) is 23.6 Å². The van der Waals surface area contributed by atoms with Gasteiger partial charge in [0.15, 0.2) is 17.3 Å². The Bertz CT molecular complexity index is 1330. The number of hydrogen-bond acceptors (Lipinski definition) is 6. The molecule has 0 unspecified atom stereocenters. The highest BCUT2D eigenvalue weighted by Crippen LogP contribution is 2.30. The zero-order chi connectivity index (χ0) is 29.2. The van der Waals surface area contributed by atoms with Crippen molar-refractivity contribution in [2.45, 2.75) is 57.7 Å². The predicted molar refractivity (Wildman–Crippen MR) is 151 cm³/mol. The molecule has 1 heterocycles. The molecular weight excluding hydrogens is 530 g/mol. The average molecular weight is 567 g/mol. The van der Waals surface area contributed by atoms with Crippen molar-refractivity contribution in [3.63, 3.8) is 0 Å². The van der Waals surface area contributed by atoms with E-state index in [1.165, 1.54) is 17.7 Å². The number of hydrogen-bond donors (Lipinski definition) is 3. The van der Waals surface area contributed by atoms with Crippen molar-refractivity contribution < 1.29 is 33.0 Å². The number of amides is 1. The zero-order valence-electron chi connectivity index (χ0n) is 23.1. The van der Waals surface area contributed by atoms with Crippen molar-refractivity contribution in [1.29, 1.82) is 0 Å². The van der Waals surface area contributed by atoms with Crippen molar-refractivity contribution in [2.24, 2.45) is 0 Å². The number of aryl methyl sites for hydroxylation is 1. The fourth-order valence-electron chi connectivity index (χ4n) is 4.72. The van der Waals surface area contributed by atoms with Gasteiger partial charge in [-0.1, -0.05) is 31.2 Å². The van der Waals surface area contributed by atoms with Gasteiger partial charge in [0.1, 0.15) is 11.6 Å². The number of carbonyl (C=O) groups excluding carboxylic acids is 2.